The summed E-state index contributed by atoms with van der Waals surface area (Å²) in [6.07, 6.45) is 5.73. The van der Waals surface area contributed by atoms with E-state index >= 15 is 0 Å². The molecule has 4 rings (SSSR count). The zero-order valence-corrected chi connectivity index (χ0v) is 17.2. The van der Waals surface area contributed by atoms with Crippen LogP contribution in [0.5, 0.6) is 0 Å². The number of likely N-dealkylation sites (tertiary alicyclic amines) is 1. The number of carbonyl (C=O) groups excluding carboxylic acids is 2. The molecule has 0 radical (unpaired) electrons. The maximum atomic E-state index is 13.2. The fourth-order valence-electron chi connectivity index (χ4n) is 4.17. The first-order valence-corrected chi connectivity index (χ1v) is 10.3. The molecule has 1 aliphatic rings. The Hall–Kier alpha value is -3.42. The summed E-state index contributed by atoms with van der Waals surface area (Å²) in [5, 5.41) is 10.8. The minimum atomic E-state index is -0.665. The molecule has 1 aliphatic heterocycles. The van der Waals surface area contributed by atoms with Crippen LogP contribution in [0.1, 0.15) is 43.9 Å². The number of nitrogens with one attached hydrogen (secondary N) is 2. The molecule has 1 aromatic carbocycles. The van der Waals surface area contributed by atoms with Crippen molar-refractivity contribution in [2.45, 2.75) is 39.2 Å². The number of anilines is 2. The van der Waals surface area contributed by atoms with Gasteiger partial charge in [-0.15, -0.1) is 0 Å². The number of fused-ring (bicyclic) bond motifs is 1. The SMILES string of the molecule is CCc1cc(NC(=O)C(=O)N2C[C@@H](C)CC[C@@H]2c2cccc3[nH]ncc23)cnc1N. The number of hydrogen-bond acceptors (Lipinski definition) is 5. The molecule has 0 aliphatic carbocycles. The van der Waals surface area contributed by atoms with Gasteiger partial charge in [0.15, 0.2) is 0 Å². The quantitative estimate of drug-likeness (QED) is 0.578. The average Bonchev–Trinajstić information content (AvgIpc) is 3.23. The number of hydrogen-bond donors (Lipinski definition) is 3. The summed E-state index contributed by atoms with van der Waals surface area (Å²) in [4.78, 5) is 31.8. The standard InChI is InChI=1S/C22H26N6O2/c1-3-14-9-15(10-24-20(14)23)26-21(29)22(30)28-12-13(2)7-8-19(28)16-5-4-6-18-17(16)11-25-27-18/h4-6,9-11,13,19H,3,7-8,12H2,1-2H3,(H2,23,24)(H,25,27)(H,26,29)/t13-,19+/m0/s1. The number of rotatable bonds is 3. The number of benzene rings is 1. The maximum Gasteiger partial charge on any atom is 0.313 e. The average molecular weight is 406 g/mol. The van der Waals surface area contributed by atoms with E-state index in [2.05, 4.69) is 27.4 Å². The van der Waals surface area contributed by atoms with Gasteiger partial charge in [0.05, 0.1) is 29.6 Å². The molecular weight excluding hydrogens is 380 g/mol. The van der Waals surface area contributed by atoms with Crippen molar-refractivity contribution in [3.05, 3.63) is 47.8 Å². The zero-order valence-electron chi connectivity index (χ0n) is 17.2. The highest BCUT2D eigenvalue weighted by Gasteiger charge is 2.35. The van der Waals surface area contributed by atoms with Crippen molar-refractivity contribution in [1.82, 2.24) is 20.1 Å². The molecule has 0 unspecified atom stereocenters. The molecular formula is C22H26N6O2. The summed E-state index contributed by atoms with van der Waals surface area (Å²) in [6.45, 7) is 4.59. The van der Waals surface area contributed by atoms with E-state index < -0.39 is 11.8 Å². The molecule has 0 spiro atoms. The first-order chi connectivity index (χ1) is 14.5. The highest BCUT2D eigenvalue weighted by atomic mass is 16.2. The van der Waals surface area contributed by atoms with Gasteiger partial charge in [-0.3, -0.25) is 14.7 Å². The van der Waals surface area contributed by atoms with E-state index in [0.717, 1.165) is 34.9 Å². The lowest BCUT2D eigenvalue weighted by molar-refractivity contribution is -0.146. The topological polar surface area (TPSA) is 117 Å². The number of nitrogens with zero attached hydrogens (tertiary/aromatic N) is 3. The monoisotopic (exact) mass is 406 g/mol. The molecule has 2 atom stereocenters. The second kappa shape index (κ2) is 8.14. The van der Waals surface area contributed by atoms with E-state index in [1.54, 1.807) is 17.2 Å². The molecule has 3 aromatic rings. The van der Waals surface area contributed by atoms with Gasteiger partial charge in [0.1, 0.15) is 5.82 Å². The predicted octanol–water partition coefficient (Wildman–Crippen LogP) is 3.04. The molecule has 8 heteroatoms. The maximum absolute atomic E-state index is 13.2. The summed E-state index contributed by atoms with van der Waals surface area (Å²) < 4.78 is 0. The molecule has 2 aromatic heterocycles. The lowest BCUT2D eigenvalue weighted by Crippen LogP contribution is -2.46. The molecule has 1 fully saturated rings. The van der Waals surface area contributed by atoms with Gasteiger partial charge in [0, 0.05) is 11.9 Å². The third-order valence-electron chi connectivity index (χ3n) is 5.79. The van der Waals surface area contributed by atoms with Crippen molar-refractivity contribution in [3.63, 3.8) is 0 Å². The fourth-order valence-corrected chi connectivity index (χ4v) is 4.17. The van der Waals surface area contributed by atoms with Gasteiger partial charge in [-0.2, -0.15) is 5.10 Å². The summed E-state index contributed by atoms with van der Waals surface area (Å²) in [5.74, 6) is -0.449. The minimum absolute atomic E-state index is 0.170. The summed E-state index contributed by atoms with van der Waals surface area (Å²) in [6, 6.07) is 7.50. The summed E-state index contributed by atoms with van der Waals surface area (Å²) >= 11 is 0. The van der Waals surface area contributed by atoms with Crippen molar-refractivity contribution >= 4 is 34.2 Å². The van der Waals surface area contributed by atoms with E-state index in [9.17, 15) is 9.59 Å². The zero-order chi connectivity index (χ0) is 21.3. The van der Waals surface area contributed by atoms with Crippen LogP contribution in [0.4, 0.5) is 11.5 Å². The second-order valence-corrected chi connectivity index (χ2v) is 7.91. The number of nitrogens with two attached hydrogens (primary N) is 1. The number of aromatic amines is 1. The Morgan fingerprint density at radius 3 is 2.93 bits per heavy atom. The van der Waals surface area contributed by atoms with Gasteiger partial charge in [-0.25, -0.2) is 4.98 Å². The van der Waals surface area contributed by atoms with Crippen molar-refractivity contribution < 1.29 is 9.59 Å². The molecule has 156 valence electrons. The first kappa shape index (κ1) is 19.9. The van der Waals surface area contributed by atoms with Crippen LogP contribution in [0.25, 0.3) is 10.9 Å². The number of nitrogen functional groups attached to an aromatic ring is 1. The Morgan fingerprint density at radius 1 is 1.30 bits per heavy atom. The van der Waals surface area contributed by atoms with Gasteiger partial charge in [0.2, 0.25) is 0 Å². The van der Waals surface area contributed by atoms with E-state index in [1.165, 1.54) is 6.20 Å². The van der Waals surface area contributed by atoms with Crippen molar-refractivity contribution in [1.29, 1.82) is 0 Å². The predicted molar refractivity (Wildman–Crippen MR) is 116 cm³/mol. The Labute approximate surface area is 174 Å². The highest BCUT2D eigenvalue weighted by Crippen LogP contribution is 2.36. The van der Waals surface area contributed by atoms with Crippen LogP contribution >= 0.6 is 0 Å². The fraction of sp³-hybridized carbons (Fsp3) is 0.364. The molecule has 0 bridgehead atoms. The van der Waals surface area contributed by atoms with Gasteiger partial charge < -0.3 is 16.0 Å². The number of aryl methyl sites for hydroxylation is 1. The van der Waals surface area contributed by atoms with E-state index in [4.69, 9.17) is 5.73 Å². The van der Waals surface area contributed by atoms with Crippen LogP contribution in [-0.4, -0.2) is 38.4 Å². The smallest absolute Gasteiger partial charge is 0.313 e. The van der Waals surface area contributed by atoms with Crippen molar-refractivity contribution in [2.75, 3.05) is 17.6 Å². The molecule has 8 nitrogen and oxygen atoms in total. The highest BCUT2D eigenvalue weighted by molar-refractivity contribution is 6.39. The first-order valence-electron chi connectivity index (χ1n) is 10.3. The number of amides is 2. The number of H-pyrrole nitrogens is 1. The summed E-state index contributed by atoms with van der Waals surface area (Å²) in [7, 11) is 0. The Balaban J connectivity index is 1.60. The van der Waals surface area contributed by atoms with Crippen LogP contribution in [0, 0.1) is 5.92 Å². The van der Waals surface area contributed by atoms with E-state index in [-0.39, 0.29) is 6.04 Å². The lowest BCUT2D eigenvalue weighted by atomic mass is 9.88. The number of piperidine rings is 1. The normalized spacial score (nSPS) is 19.1. The van der Waals surface area contributed by atoms with Crippen molar-refractivity contribution in [2.24, 2.45) is 5.92 Å². The van der Waals surface area contributed by atoms with Crippen LogP contribution < -0.4 is 11.1 Å². The van der Waals surface area contributed by atoms with E-state index in [1.807, 2.05) is 25.1 Å². The van der Waals surface area contributed by atoms with Crippen LogP contribution in [0.15, 0.2) is 36.7 Å². The van der Waals surface area contributed by atoms with Crippen molar-refractivity contribution in [3.8, 4) is 0 Å². The Morgan fingerprint density at radius 2 is 2.13 bits per heavy atom. The summed E-state index contributed by atoms with van der Waals surface area (Å²) in [5.41, 5.74) is 9.07. The van der Waals surface area contributed by atoms with Crippen LogP contribution in [-0.2, 0) is 16.0 Å². The largest absolute Gasteiger partial charge is 0.383 e. The van der Waals surface area contributed by atoms with Crippen LogP contribution in [0.2, 0.25) is 0 Å². The molecule has 1 saturated heterocycles. The Kier molecular flexibility index (Phi) is 5.39. The number of carbonyl (C=O) groups is 2. The molecule has 2 amide bonds. The van der Waals surface area contributed by atoms with Gasteiger partial charge in [-0.1, -0.05) is 26.0 Å². The second-order valence-electron chi connectivity index (χ2n) is 7.91. The Bertz CT molecular complexity index is 1090. The van der Waals surface area contributed by atoms with Gasteiger partial charge >= 0.3 is 11.8 Å². The minimum Gasteiger partial charge on any atom is -0.383 e. The molecule has 0 saturated carbocycles. The molecule has 4 N–H and O–H groups in total. The number of aromatic nitrogens is 3. The lowest BCUT2D eigenvalue weighted by Gasteiger charge is -2.38. The van der Waals surface area contributed by atoms with E-state index in [0.29, 0.717) is 30.4 Å². The molecule has 3 heterocycles. The number of pyridine rings is 1. The van der Waals surface area contributed by atoms with Crippen LogP contribution in [0.3, 0.4) is 0 Å². The van der Waals surface area contributed by atoms with Gasteiger partial charge in [-0.05, 0) is 48.4 Å². The third kappa shape index (κ3) is 3.72. The third-order valence-corrected chi connectivity index (χ3v) is 5.79. The molecule has 30 heavy (non-hydrogen) atoms. The van der Waals surface area contributed by atoms with Gasteiger partial charge in [0.25, 0.3) is 0 Å².